The molecule has 0 atom stereocenters. The van der Waals surface area contributed by atoms with Gasteiger partial charge in [-0.25, -0.2) is 8.42 Å². The Morgan fingerprint density at radius 3 is 2.28 bits per heavy atom. The van der Waals surface area contributed by atoms with Crippen LogP contribution in [-0.4, -0.2) is 27.1 Å². The van der Waals surface area contributed by atoms with E-state index in [9.17, 15) is 13.2 Å². The van der Waals surface area contributed by atoms with Gasteiger partial charge in [-0.1, -0.05) is 48.5 Å². The van der Waals surface area contributed by atoms with Crippen molar-refractivity contribution in [3.8, 4) is 0 Å². The van der Waals surface area contributed by atoms with Crippen LogP contribution in [0.2, 0.25) is 0 Å². The Balaban J connectivity index is 1.68. The van der Waals surface area contributed by atoms with E-state index in [0.29, 0.717) is 30.8 Å². The van der Waals surface area contributed by atoms with E-state index in [0.717, 1.165) is 16.8 Å². The molecule has 0 saturated carbocycles. The van der Waals surface area contributed by atoms with Crippen molar-refractivity contribution in [3.63, 3.8) is 0 Å². The lowest BCUT2D eigenvalue weighted by atomic mass is 10.1. The number of nitrogens with zero attached hydrogens (tertiary/aromatic N) is 2. The SMILES string of the molecule is CS(=O)(=O)N1CCc2cc(C(=O)N(Cc3ccccc3)c3ccccc3)ccc21. The monoisotopic (exact) mass is 406 g/mol. The number of carbonyl (C=O) groups excluding carboxylic acids is 1. The Bertz CT molecular complexity index is 1130. The molecule has 1 amide bonds. The number of fused-ring (bicyclic) bond motifs is 1. The Morgan fingerprint density at radius 1 is 0.966 bits per heavy atom. The Kier molecular flexibility index (Phi) is 5.11. The molecule has 1 aliphatic heterocycles. The van der Waals surface area contributed by atoms with Gasteiger partial charge in [0.15, 0.2) is 0 Å². The average Bonchev–Trinajstić information content (AvgIpc) is 3.17. The minimum absolute atomic E-state index is 0.111. The molecular weight excluding hydrogens is 384 g/mol. The normalized spacial score (nSPS) is 13.2. The number of para-hydroxylation sites is 1. The largest absolute Gasteiger partial charge is 0.304 e. The second kappa shape index (κ2) is 7.72. The molecule has 0 fully saturated rings. The summed E-state index contributed by atoms with van der Waals surface area (Å²) in [7, 11) is -3.31. The van der Waals surface area contributed by atoms with E-state index >= 15 is 0 Å². The van der Waals surface area contributed by atoms with Crippen LogP contribution in [0.1, 0.15) is 21.5 Å². The van der Waals surface area contributed by atoms with Gasteiger partial charge in [-0.05, 0) is 47.9 Å². The summed E-state index contributed by atoms with van der Waals surface area (Å²) in [6.07, 6.45) is 1.81. The van der Waals surface area contributed by atoms with Crippen molar-refractivity contribution in [2.45, 2.75) is 13.0 Å². The molecule has 4 rings (SSSR count). The molecule has 0 aliphatic carbocycles. The summed E-state index contributed by atoms with van der Waals surface area (Å²) >= 11 is 0. The second-order valence-corrected chi connectivity index (χ2v) is 9.05. The van der Waals surface area contributed by atoms with Crippen LogP contribution in [-0.2, 0) is 23.0 Å². The molecule has 0 spiro atoms. The van der Waals surface area contributed by atoms with Crippen molar-refractivity contribution in [1.82, 2.24) is 0 Å². The van der Waals surface area contributed by atoms with Gasteiger partial charge < -0.3 is 4.90 Å². The van der Waals surface area contributed by atoms with Crippen LogP contribution in [0.4, 0.5) is 11.4 Å². The first kappa shape index (κ1) is 19.2. The summed E-state index contributed by atoms with van der Waals surface area (Å²) in [6, 6.07) is 24.7. The van der Waals surface area contributed by atoms with Crippen molar-refractivity contribution < 1.29 is 13.2 Å². The lowest BCUT2D eigenvalue weighted by molar-refractivity contribution is 0.0985. The molecule has 148 valence electrons. The summed E-state index contributed by atoms with van der Waals surface area (Å²) in [5, 5.41) is 0. The molecule has 0 N–H and O–H groups in total. The number of rotatable bonds is 5. The molecule has 0 radical (unpaired) electrons. The van der Waals surface area contributed by atoms with Crippen LogP contribution in [0.3, 0.4) is 0 Å². The molecule has 29 heavy (non-hydrogen) atoms. The molecule has 5 nitrogen and oxygen atoms in total. The predicted molar refractivity (Wildman–Crippen MR) is 116 cm³/mol. The molecule has 0 bridgehead atoms. The molecule has 0 aromatic heterocycles. The van der Waals surface area contributed by atoms with E-state index in [2.05, 4.69) is 0 Å². The van der Waals surface area contributed by atoms with Gasteiger partial charge in [-0.15, -0.1) is 0 Å². The van der Waals surface area contributed by atoms with E-state index in [1.54, 1.807) is 17.0 Å². The number of hydrogen-bond donors (Lipinski definition) is 0. The van der Waals surface area contributed by atoms with Crippen LogP contribution in [0.5, 0.6) is 0 Å². The van der Waals surface area contributed by atoms with E-state index in [1.807, 2.05) is 66.7 Å². The third-order valence-corrected chi connectivity index (χ3v) is 6.26. The third kappa shape index (κ3) is 4.03. The molecule has 6 heteroatoms. The van der Waals surface area contributed by atoms with Gasteiger partial charge in [-0.3, -0.25) is 9.10 Å². The summed E-state index contributed by atoms with van der Waals surface area (Å²) in [5.41, 5.74) is 3.96. The zero-order valence-electron chi connectivity index (χ0n) is 16.2. The maximum atomic E-state index is 13.4. The van der Waals surface area contributed by atoms with Gasteiger partial charge in [0.2, 0.25) is 10.0 Å². The van der Waals surface area contributed by atoms with Crippen LogP contribution in [0, 0.1) is 0 Å². The number of sulfonamides is 1. The molecule has 0 saturated heterocycles. The van der Waals surface area contributed by atoms with Crippen LogP contribution in [0.25, 0.3) is 0 Å². The Labute approximate surface area is 171 Å². The van der Waals surface area contributed by atoms with E-state index in [4.69, 9.17) is 0 Å². The van der Waals surface area contributed by atoms with E-state index in [-0.39, 0.29) is 5.91 Å². The highest BCUT2D eigenvalue weighted by atomic mass is 32.2. The van der Waals surface area contributed by atoms with E-state index < -0.39 is 10.0 Å². The van der Waals surface area contributed by atoms with Crippen molar-refractivity contribution in [2.24, 2.45) is 0 Å². The molecule has 1 heterocycles. The number of carbonyl (C=O) groups is 1. The summed E-state index contributed by atoms with van der Waals surface area (Å²) < 4.78 is 25.3. The van der Waals surface area contributed by atoms with Gasteiger partial charge in [0.05, 0.1) is 18.5 Å². The number of hydrogen-bond acceptors (Lipinski definition) is 3. The van der Waals surface area contributed by atoms with Crippen molar-refractivity contribution >= 4 is 27.3 Å². The number of benzene rings is 3. The van der Waals surface area contributed by atoms with Crippen LogP contribution >= 0.6 is 0 Å². The average molecular weight is 407 g/mol. The van der Waals surface area contributed by atoms with Crippen molar-refractivity contribution in [1.29, 1.82) is 0 Å². The highest BCUT2D eigenvalue weighted by molar-refractivity contribution is 7.92. The van der Waals surface area contributed by atoms with Gasteiger partial charge in [0, 0.05) is 17.8 Å². The van der Waals surface area contributed by atoms with Crippen molar-refractivity contribution in [2.75, 3.05) is 22.0 Å². The molecule has 3 aromatic carbocycles. The summed E-state index contributed by atoms with van der Waals surface area (Å²) in [4.78, 5) is 15.2. The molecule has 1 aliphatic rings. The highest BCUT2D eigenvalue weighted by Gasteiger charge is 2.27. The molecular formula is C23H22N2O3S. The zero-order valence-corrected chi connectivity index (χ0v) is 17.0. The topological polar surface area (TPSA) is 57.7 Å². The van der Waals surface area contributed by atoms with Gasteiger partial charge in [-0.2, -0.15) is 0 Å². The van der Waals surface area contributed by atoms with Crippen LogP contribution in [0.15, 0.2) is 78.9 Å². The van der Waals surface area contributed by atoms with Crippen LogP contribution < -0.4 is 9.21 Å². The minimum atomic E-state index is -3.31. The maximum Gasteiger partial charge on any atom is 0.258 e. The lowest BCUT2D eigenvalue weighted by Gasteiger charge is -2.24. The molecule has 0 unspecified atom stereocenters. The standard InChI is InChI=1S/C23H22N2O3S/c1-29(27,28)25-15-14-19-16-20(12-13-22(19)25)23(26)24(21-10-6-3-7-11-21)17-18-8-4-2-5-9-18/h2-13,16H,14-15,17H2,1H3. The van der Waals surface area contributed by atoms with Gasteiger partial charge in [0.25, 0.3) is 5.91 Å². The lowest BCUT2D eigenvalue weighted by Crippen LogP contribution is -2.30. The third-order valence-electron chi connectivity index (χ3n) is 5.08. The number of amides is 1. The van der Waals surface area contributed by atoms with Gasteiger partial charge >= 0.3 is 0 Å². The smallest absolute Gasteiger partial charge is 0.258 e. The predicted octanol–water partition coefficient (Wildman–Crippen LogP) is 3.86. The Morgan fingerprint density at radius 2 is 1.62 bits per heavy atom. The summed E-state index contributed by atoms with van der Waals surface area (Å²) in [5.74, 6) is -0.111. The quantitative estimate of drug-likeness (QED) is 0.647. The molecule has 3 aromatic rings. The van der Waals surface area contributed by atoms with E-state index in [1.165, 1.54) is 10.6 Å². The van der Waals surface area contributed by atoms with Crippen molar-refractivity contribution in [3.05, 3.63) is 95.6 Å². The fraction of sp³-hybridized carbons (Fsp3) is 0.174. The summed E-state index contributed by atoms with van der Waals surface area (Å²) in [6.45, 7) is 0.870. The Hall–Kier alpha value is -3.12. The fourth-order valence-corrected chi connectivity index (χ4v) is 4.62. The first-order valence-corrected chi connectivity index (χ1v) is 11.3. The highest BCUT2D eigenvalue weighted by Crippen LogP contribution is 2.31. The maximum absolute atomic E-state index is 13.4. The van der Waals surface area contributed by atoms with Gasteiger partial charge in [0.1, 0.15) is 0 Å². The zero-order chi connectivity index (χ0) is 20.4. The minimum Gasteiger partial charge on any atom is -0.304 e. The first-order valence-electron chi connectivity index (χ1n) is 9.45. The second-order valence-electron chi connectivity index (χ2n) is 7.14. The number of anilines is 2. The first-order chi connectivity index (χ1) is 13.9. The fourth-order valence-electron chi connectivity index (χ4n) is 3.66.